The maximum absolute atomic E-state index is 12.7. The number of amides is 1. The third-order valence-electron chi connectivity index (χ3n) is 2.66. The molecule has 1 aromatic rings. The van der Waals surface area contributed by atoms with E-state index in [4.69, 9.17) is 0 Å². The predicted molar refractivity (Wildman–Crippen MR) is 73.4 cm³/mol. The van der Waals surface area contributed by atoms with Crippen molar-refractivity contribution in [3.63, 3.8) is 0 Å². The second-order valence-electron chi connectivity index (χ2n) is 4.89. The zero-order chi connectivity index (χ0) is 14.0. The lowest BCUT2D eigenvalue weighted by Gasteiger charge is -2.20. The molecule has 2 N–H and O–H groups in total. The largest absolute Gasteiger partial charge is 0.389 e. The molecule has 1 fully saturated rings. The Morgan fingerprint density at radius 2 is 2.05 bits per heavy atom. The van der Waals surface area contributed by atoms with Crippen molar-refractivity contribution in [3.8, 4) is 0 Å². The molecule has 0 aliphatic carbocycles. The number of aliphatic hydroxyl groups is 1. The van der Waals surface area contributed by atoms with Crippen LogP contribution in [0.1, 0.15) is 19.4 Å². The standard InChI is InChI=1S/C13H15FN2O2S/c1-13(2,18)10-11(17)16-12(19-10)15-7-8-3-5-9(14)6-4-8/h3-6,10,18H,7H2,1-2H3,(H,15,16,17). The van der Waals surface area contributed by atoms with Gasteiger partial charge in [0.05, 0.1) is 12.1 Å². The lowest BCUT2D eigenvalue weighted by atomic mass is 10.1. The highest BCUT2D eigenvalue weighted by molar-refractivity contribution is 8.15. The van der Waals surface area contributed by atoms with E-state index in [0.29, 0.717) is 11.7 Å². The van der Waals surface area contributed by atoms with Crippen LogP contribution >= 0.6 is 11.8 Å². The molecule has 1 heterocycles. The molecule has 0 spiro atoms. The molecule has 1 unspecified atom stereocenters. The fraction of sp³-hybridized carbons (Fsp3) is 0.385. The monoisotopic (exact) mass is 282 g/mol. The number of benzene rings is 1. The highest BCUT2D eigenvalue weighted by Crippen LogP contribution is 2.28. The molecule has 102 valence electrons. The first-order valence-corrected chi connectivity index (χ1v) is 6.73. The fourth-order valence-corrected chi connectivity index (χ4v) is 2.64. The summed E-state index contributed by atoms with van der Waals surface area (Å²) in [6, 6.07) is 6.04. The van der Waals surface area contributed by atoms with Gasteiger partial charge in [-0.2, -0.15) is 0 Å². The van der Waals surface area contributed by atoms with E-state index in [1.165, 1.54) is 23.9 Å². The van der Waals surface area contributed by atoms with Crippen molar-refractivity contribution in [3.05, 3.63) is 35.6 Å². The van der Waals surface area contributed by atoms with Gasteiger partial charge in [0, 0.05) is 0 Å². The molecule has 19 heavy (non-hydrogen) atoms. The average Bonchev–Trinajstić information content (AvgIpc) is 2.70. The number of hydrogen-bond donors (Lipinski definition) is 2. The van der Waals surface area contributed by atoms with Crippen molar-refractivity contribution in [1.82, 2.24) is 5.32 Å². The van der Waals surface area contributed by atoms with Gasteiger partial charge in [-0.3, -0.25) is 9.79 Å². The van der Waals surface area contributed by atoms with Crippen LogP contribution in [-0.4, -0.2) is 27.0 Å². The van der Waals surface area contributed by atoms with E-state index in [9.17, 15) is 14.3 Å². The van der Waals surface area contributed by atoms with E-state index in [1.54, 1.807) is 26.0 Å². The minimum atomic E-state index is -1.10. The maximum Gasteiger partial charge on any atom is 0.242 e. The van der Waals surface area contributed by atoms with E-state index >= 15 is 0 Å². The van der Waals surface area contributed by atoms with E-state index in [1.807, 2.05) is 0 Å². The van der Waals surface area contributed by atoms with Crippen LogP contribution in [0.4, 0.5) is 4.39 Å². The summed E-state index contributed by atoms with van der Waals surface area (Å²) in [6.45, 7) is 3.54. The number of thioether (sulfide) groups is 1. The molecular formula is C13H15FN2O2S. The van der Waals surface area contributed by atoms with Gasteiger partial charge in [0.15, 0.2) is 5.17 Å². The molecule has 1 aliphatic rings. The molecule has 2 rings (SSSR count). The maximum atomic E-state index is 12.7. The fourth-order valence-electron chi connectivity index (χ4n) is 1.66. The molecule has 0 saturated carbocycles. The molecule has 1 aromatic carbocycles. The number of halogens is 1. The van der Waals surface area contributed by atoms with Crippen molar-refractivity contribution in [2.24, 2.45) is 4.99 Å². The van der Waals surface area contributed by atoms with Crippen molar-refractivity contribution in [1.29, 1.82) is 0 Å². The topological polar surface area (TPSA) is 61.7 Å². The van der Waals surface area contributed by atoms with Gasteiger partial charge in [0.2, 0.25) is 5.91 Å². The molecule has 1 saturated heterocycles. The summed E-state index contributed by atoms with van der Waals surface area (Å²) in [7, 11) is 0. The van der Waals surface area contributed by atoms with Crippen molar-refractivity contribution >= 4 is 22.8 Å². The molecule has 0 radical (unpaired) electrons. The van der Waals surface area contributed by atoms with E-state index in [0.717, 1.165) is 5.56 Å². The van der Waals surface area contributed by atoms with Crippen molar-refractivity contribution in [2.45, 2.75) is 31.2 Å². The molecule has 6 heteroatoms. The third kappa shape index (κ3) is 3.54. The van der Waals surface area contributed by atoms with E-state index in [2.05, 4.69) is 10.3 Å². The number of carbonyl (C=O) groups excluding carboxylic acids is 1. The van der Waals surface area contributed by atoms with Gasteiger partial charge in [-0.15, -0.1) is 0 Å². The molecular weight excluding hydrogens is 267 g/mol. The summed E-state index contributed by atoms with van der Waals surface area (Å²) in [4.78, 5) is 15.9. The van der Waals surface area contributed by atoms with Gasteiger partial charge in [-0.05, 0) is 31.5 Å². The average molecular weight is 282 g/mol. The molecule has 0 bridgehead atoms. The number of nitrogens with one attached hydrogen (secondary N) is 1. The van der Waals surface area contributed by atoms with Gasteiger partial charge < -0.3 is 10.4 Å². The summed E-state index contributed by atoms with van der Waals surface area (Å²) in [5, 5.41) is 12.4. The minimum Gasteiger partial charge on any atom is -0.389 e. The van der Waals surface area contributed by atoms with Crippen LogP contribution in [0.5, 0.6) is 0 Å². The Morgan fingerprint density at radius 1 is 1.42 bits per heavy atom. The lowest BCUT2D eigenvalue weighted by Crippen LogP contribution is -2.40. The Kier molecular flexibility index (Phi) is 3.91. The van der Waals surface area contributed by atoms with Crippen molar-refractivity contribution < 1.29 is 14.3 Å². The smallest absolute Gasteiger partial charge is 0.242 e. The van der Waals surface area contributed by atoms with Crippen LogP contribution < -0.4 is 5.32 Å². The molecule has 4 nitrogen and oxygen atoms in total. The molecule has 1 aliphatic heterocycles. The van der Waals surface area contributed by atoms with Gasteiger partial charge >= 0.3 is 0 Å². The number of hydrogen-bond acceptors (Lipinski definition) is 4. The highest BCUT2D eigenvalue weighted by Gasteiger charge is 2.40. The summed E-state index contributed by atoms with van der Waals surface area (Å²) in [5.74, 6) is -0.530. The summed E-state index contributed by atoms with van der Waals surface area (Å²) < 4.78 is 12.7. The summed E-state index contributed by atoms with van der Waals surface area (Å²) in [5.41, 5.74) is -0.238. The zero-order valence-corrected chi connectivity index (χ0v) is 11.5. The summed E-state index contributed by atoms with van der Waals surface area (Å²) >= 11 is 1.21. The Bertz CT molecular complexity index is 508. The van der Waals surface area contributed by atoms with Crippen LogP contribution in [0.25, 0.3) is 0 Å². The number of aliphatic imine (C=N–C) groups is 1. The zero-order valence-electron chi connectivity index (χ0n) is 10.7. The van der Waals surface area contributed by atoms with Gasteiger partial charge in [0.25, 0.3) is 0 Å². The molecule has 1 amide bonds. The number of rotatable bonds is 3. The molecule has 1 atom stereocenters. The second-order valence-corrected chi connectivity index (χ2v) is 5.98. The van der Waals surface area contributed by atoms with Crippen LogP contribution in [0.15, 0.2) is 29.3 Å². The SMILES string of the molecule is CC(C)(O)C1SC(=NCc2ccc(F)cc2)NC1=O. The van der Waals surface area contributed by atoms with E-state index < -0.39 is 10.9 Å². The van der Waals surface area contributed by atoms with Crippen LogP contribution in [-0.2, 0) is 11.3 Å². The Labute approximate surface area is 115 Å². The third-order valence-corrected chi connectivity index (χ3v) is 4.14. The first kappa shape index (κ1) is 14.0. The first-order valence-electron chi connectivity index (χ1n) is 5.85. The first-order chi connectivity index (χ1) is 8.86. The lowest BCUT2D eigenvalue weighted by molar-refractivity contribution is -0.122. The Morgan fingerprint density at radius 3 is 2.58 bits per heavy atom. The predicted octanol–water partition coefficient (Wildman–Crippen LogP) is 1.68. The number of nitrogens with zero attached hydrogens (tertiary/aromatic N) is 1. The van der Waals surface area contributed by atoms with Crippen LogP contribution in [0, 0.1) is 5.82 Å². The Hall–Kier alpha value is -1.40. The molecule has 0 aromatic heterocycles. The van der Waals surface area contributed by atoms with Crippen LogP contribution in [0.2, 0.25) is 0 Å². The van der Waals surface area contributed by atoms with Gasteiger partial charge in [-0.25, -0.2) is 4.39 Å². The number of amidine groups is 1. The highest BCUT2D eigenvalue weighted by atomic mass is 32.2. The van der Waals surface area contributed by atoms with E-state index in [-0.39, 0.29) is 11.7 Å². The Balaban J connectivity index is 2.02. The minimum absolute atomic E-state index is 0.240. The number of carbonyl (C=O) groups is 1. The van der Waals surface area contributed by atoms with Crippen molar-refractivity contribution in [2.75, 3.05) is 0 Å². The second kappa shape index (κ2) is 5.30. The normalized spacial score (nSPS) is 21.8. The quantitative estimate of drug-likeness (QED) is 0.886. The van der Waals surface area contributed by atoms with Crippen LogP contribution in [0.3, 0.4) is 0 Å². The van der Waals surface area contributed by atoms with Gasteiger partial charge in [0.1, 0.15) is 11.1 Å². The summed E-state index contributed by atoms with van der Waals surface area (Å²) in [6.07, 6.45) is 0. The van der Waals surface area contributed by atoms with Gasteiger partial charge in [-0.1, -0.05) is 23.9 Å².